The van der Waals surface area contributed by atoms with E-state index >= 15 is 0 Å². The fraction of sp³-hybridized carbons (Fsp3) is 0.318. The van der Waals surface area contributed by atoms with Crippen LogP contribution in [0.1, 0.15) is 28.8 Å². The molecule has 0 aliphatic carbocycles. The van der Waals surface area contributed by atoms with Gasteiger partial charge in [-0.15, -0.1) is 0 Å². The molecule has 0 aromatic heterocycles. The first-order valence-corrected chi connectivity index (χ1v) is 9.94. The third-order valence-electron chi connectivity index (χ3n) is 5.02. The highest BCUT2D eigenvalue weighted by Gasteiger charge is 2.21. The first kappa shape index (κ1) is 19.8. The van der Waals surface area contributed by atoms with Gasteiger partial charge in [-0.1, -0.05) is 6.07 Å². The number of carbonyl (C=O) groups excluding carboxylic acids is 3. The van der Waals surface area contributed by atoms with E-state index in [1.54, 1.807) is 29.2 Å². The molecular weight excluding hydrogens is 386 g/mol. The molecule has 0 bridgehead atoms. The Morgan fingerprint density at radius 1 is 0.967 bits per heavy atom. The highest BCUT2D eigenvalue weighted by atomic mass is 16.6. The molecule has 30 heavy (non-hydrogen) atoms. The number of hydrogen-bond acceptors (Lipinski definition) is 5. The quantitative estimate of drug-likeness (QED) is 0.756. The molecule has 8 heteroatoms. The van der Waals surface area contributed by atoms with Gasteiger partial charge in [-0.05, 0) is 48.4 Å². The van der Waals surface area contributed by atoms with Crippen molar-refractivity contribution in [1.29, 1.82) is 0 Å². The minimum Gasteiger partial charge on any atom is -0.486 e. The second-order valence-corrected chi connectivity index (χ2v) is 7.13. The number of fused-ring (bicyclic) bond motifs is 1. The second kappa shape index (κ2) is 8.86. The van der Waals surface area contributed by atoms with Crippen LogP contribution in [-0.2, 0) is 16.1 Å². The number of amides is 3. The number of hydrogen-bond donors (Lipinski definition) is 2. The first-order chi connectivity index (χ1) is 14.6. The van der Waals surface area contributed by atoms with Crippen LogP contribution >= 0.6 is 0 Å². The van der Waals surface area contributed by atoms with Gasteiger partial charge in [-0.25, -0.2) is 0 Å². The molecule has 4 rings (SSSR count). The van der Waals surface area contributed by atoms with Gasteiger partial charge in [0.05, 0.1) is 6.54 Å². The summed E-state index contributed by atoms with van der Waals surface area (Å²) < 4.78 is 11.0. The Bertz CT molecular complexity index is 958. The molecule has 2 heterocycles. The molecule has 0 saturated carbocycles. The van der Waals surface area contributed by atoms with Crippen LogP contribution in [0.3, 0.4) is 0 Å². The molecule has 2 N–H and O–H groups in total. The summed E-state index contributed by atoms with van der Waals surface area (Å²) in [5.74, 6) is 0.826. The molecular formula is C22H23N3O5. The lowest BCUT2D eigenvalue weighted by molar-refractivity contribution is -0.120. The van der Waals surface area contributed by atoms with Crippen molar-refractivity contribution in [3.63, 3.8) is 0 Å². The average molecular weight is 409 g/mol. The summed E-state index contributed by atoms with van der Waals surface area (Å²) in [5.41, 5.74) is 2.10. The van der Waals surface area contributed by atoms with Crippen LogP contribution in [0.4, 0.5) is 5.69 Å². The molecule has 2 aromatic rings. The topological polar surface area (TPSA) is 97.0 Å². The summed E-state index contributed by atoms with van der Waals surface area (Å²) in [7, 11) is 0. The van der Waals surface area contributed by atoms with Crippen LogP contribution in [-0.4, -0.2) is 44.0 Å². The lowest BCUT2D eigenvalue weighted by atomic mass is 10.2. The van der Waals surface area contributed by atoms with Crippen LogP contribution < -0.4 is 25.0 Å². The van der Waals surface area contributed by atoms with E-state index in [1.165, 1.54) is 0 Å². The van der Waals surface area contributed by atoms with E-state index in [0.717, 1.165) is 17.7 Å². The highest BCUT2D eigenvalue weighted by molar-refractivity contribution is 5.98. The Balaban J connectivity index is 1.24. The third kappa shape index (κ3) is 4.53. The zero-order valence-corrected chi connectivity index (χ0v) is 16.5. The number of nitrogens with one attached hydrogen (secondary N) is 2. The molecule has 1 fully saturated rings. The number of carbonyl (C=O) groups is 3. The second-order valence-electron chi connectivity index (χ2n) is 7.13. The van der Waals surface area contributed by atoms with Gasteiger partial charge in [0.15, 0.2) is 11.5 Å². The van der Waals surface area contributed by atoms with Gasteiger partial charge in [0.2, 0.25) is 11.8 Å². The van der Waals surface area contributed by atoms with Crippen LogP contribution in [0.15, 0.2) is 42.5 Å². The predicted molar refractivity (Wildman–Crippen MR) is 110 cm³/mol. The van der Waals surface area contributed by atoms with Crippen LogP contribution in [0.5, 0.6) is 11.5 Å². The summed E-state index contributed by atoms with van der Waals surface area (Å²) in [6, 6.07) is 12.3. The SMILES string of the molecule is O=C(CNC(=O)c1ccc(N2CCCC2=O)cc1)NCc1ccc2c(c1)OCCO2. The van der Waals surface area contributed by atoms with Crippen molar-refractivity contribution in [2.45, 2.75) is 19.4 Å². The molecule has 0 radical (unpaired) electrons. The molecule has 0 atom stereocenters. The van der Waals surface area contributed by atoms with Crippen molar-refractivity contribution in [2.24, 2.45) is 0 Å². The summed E-state index contributed by atoms with van der Waals surface area (Å²) in [6.45, 7) is 1.93. The molecule has 3 amide bonds. The van der Waals surface area contributed by atoms with E-state index in [1.807, 2.05) is 18.2 Å². The van der Waals surface area contributed by atoms with Gasteiger partial charge in [0.1, 0.15) is 13.2 Å². The summed E-state index contributed by atoms with van der Waals surface area (Å²) in [4.78, 5) is 37.9. The largest absolute Gasteiger partial charge is 0.486 e. The zero-order valence-electron chi connectivity index (χ0n) is 16.5. The van der Waals surface area contributed by atoms with Gasteiger partial charge in [0, 0.05) is 30.8 Å². The number of anilines is 1. The van der Waals surface area contributed by atoms with Crippen molar-refractivity contribution >= 4 is 23.4 Å². The Morgan fingerprint density at radius 2 is 1.73 bits per heavy atom. The predicted octanol–water partition coefficient (Wildman–Crippen LogP) is 1.63. The molecule has 156 valence electrons. The van der Waals surface area contributed by atoms with Crippen molar-refractivity contribution in [3.05, 3.63) is 53.6 Å². The van der Waals surface area contributed by atoms with E-state index < -0.39 is 0 Å². The molecule has 0 unspecified atom stereocenters. The Kier molecular flexibility index (Phi) is 5.83. The number of nitrogens with zero attached hydrogens (tertiary/aromatic N) is 1. The molecule has 0 spiro atoms. The van der Waals surface area contributed by atoms with E-state index in [4.69, 9.17) is 9.47 Å². The smallest absolute Gasteiger partial charge is 0.251 e. The monoisotopic (exact) mass is 409 g/mol. The van der Waals surface area contributed by atoms with Crippen LogP contribution in [0, 0.1) is 0 Å². The fourth-order valence-electron chi connectivity index (χ4n) is 3.44. The zero-order chi connectivity index (χ0) is 20.9. The van der Waals surface area contributed by atoms with Crippen LogP contribution in [0.2, 0.25) is 0 Å². The molecule has 2 aliphatic heterocycles. The van der Waals surface area contributed by atoms with Crippen molar-refractivity contribution in [3.8, 4) is 11.5 Å². The molecule has 2 aromatic carbocycles. The van der Waals surface area contributed by atoms with Crippen LogP contribution in [0.25, 0.3) is 0 Å². The first-order valence-electron chi connectivity index (χ1n) is 9.94. The maximum atomic E-state index is 12.3. The lowest BCUT2D eigenvalue weighted by Gasteiger charge is -2.19. The van der Waals surface area contributed by atoms with Gasteiger partial charge < -0.3 is 25.0 Å². The van der Waals surface area contributed by atoms with E-state index in [-0.39, 0.29) is 24.3 Å². The van der Waals surface area contributed by atoms with Gasteiger partial charge in [0.25, 0.3) is 5.91 Å². The van der Waals surface area contributed by atoms with Gasteiger partial charge in [-0.2, -0.15) is 0 Å². The van der Waals surface area contributed by atoms with Crippen molar-refractivity contribution in [2.75, 3.05) is 31.2 Å². The fourth-order valence-corrected chi connectivity index (χ4v) is 3.44. The minimum atomic E-state index is -0.344. The molecule has 1 saturated heterocycles. The van der Waals surface area contributed by atoms with E-state index in [9.17, 15) is 14.4 Å². The normalized spacial score (nSPS) is 15.1. The summed E-state index contributed by atoms with van der Waals surface area (Å²) in [6.07, 6.45) is 1.41. The Labute approximate surface area is 174 Å². The number of benzene rings is 2. The highest BCUT2D eigenvalue weighted by Crippen LogP contribution is 2.30. The maximum absolute atomic E-state index is 12.3. The third-order valence-corrected chi connectivity index (χ3v) is 5.02. The number of ether oxygens (including phenoxy) is 2. The average Bonchev–Trinajstić information content (AvgIpc) is 3.21. The summed E-state index contributed by atoms with van der Waals surface area (Å²) >= 11 is 0. The maximum Gasteiger partial charge on any atom is 0.251 e. The van der Waals surface area contributed by atoms with Crippen molar-refractivity contribution in [1.82, 2.24) is 10.6 Å². The van der Waals surface area contributed by atoms with Gasteiger partial charge in [-0.3, -0.25) is 14.4 Å². The Hall–Kier alpha value is -3.55. The molecule has 8 nitrogen and oxygen atoms in total. The van der Waals surface area contributed by atoms with Crippen molar-refractivity contribution < 1.29 is 23.9 Å². The lowest BCUT2D eigenvalue weighted by Crippen LogP contribution is -2.36. The Morgan fingerprint density at radius 3 is 2.47 bits per heavy atom. The number of rotatable bonds is 6. The molecule has 2 aliphatic rings. The standard InChI is InChI=1S/C22H23N3O5/c26-20(23-13-15-3-8-18-19(12-15)30-11-10-29-18)14-24-22(28)16-4-6-17(7-5-16)25-9-1-2-21(25)27/h3-8,12H,1-2,9-11,13-14H2,(H,23,26)(H,24,28). The van der Waals surface area contributed by atoms with Gasteiger partial charge >= 0.3 is 0 Å². The summed E-state index contributed by atoms with van der Waals surface area (Å²) in [5, 5.41) is 5.38. The minimum absolute atomic E-state index is 0.0990. The van der Waals surface area contributed by atoms with E-state index in [2.05, 4.69) is 10.6 Å². The van der Waals surface area contributed by atoms with E-state index in [0.29, 0.717) is 49.8 Å².